The van der Waals surface area contributed by atoms with E-state index in [-0.39, 0.29) is 5.82 Å². The van der Waals surface area contributed by atoms with Gasteiger partial charge in [0.1, 0.15) is 17.2 Å². The Morgan fingerprint density at radius 1 is 1.00 bits per heavy atom. The van der Waals surface area contributed by atoms with Crippen LogP contribution < -0.4 is 0 Å². The van der Waals surface area contributed by atoms with Gasteiger partial charge in [-0.3, -0.25) is 0 Å². The van der Waals surface area contributed by atoms with Gasteiger partial charge in [0.15, 0.2) is 0 Å². The largest absolute Gasteiger partial charge is 0.456 e. The first-order valence-corrected chi connectivity index (χ1v) is 5.50. The average molecular weight is 226 g/mol. The summed E-state index contributed by atoms with van der Waals surface area (Å²) in [5.74, 6) is 0.539. The van der Waals surface area contributed by atoms with E-state index in [0.29, 0.717) is 5.58 Å². The Kier molecular flexibility index (Phi) is 2.22. The third-order valence-corrected chi connectivity index (χ3v) is 2.94. The fourth-order valence-corrected chi connectivity index (χ4v) is 2.06. The highest BCUT2D eigenvalue weighted by Gasteiger charge is 2.12. The summed E-state index contributed by atoms with van der Waals surface area (Å²) in [6.45, 7) is 1.99. The molecule has 0 radical (unpaired) electrons. The lowest BCUT2D eigenvalue weighted by atomic mass is 10.1. The zero-order valence-corrected chi connectivity index (χ0v) is 9.41. The molecule has 1 nitrogen and oxygen atoms in total. The summed E-state index contributed by atoms with van der Waals surface area (Å²) < 4.78 is 18.8. The molecule has 1 aromatic heterocycles. The van der Waals surface area contributed by atoms with Crippen LogP contribution in [-0.2, 0) is 0 Å². The highest BCUT2D eigenvalue weighted by Crippen LogP contribution is 2.32. The predicted molar refractivity (Wildman–Crippen MR) is 66.3 cm³/mol. The fraction of sp³-hybridized carbons (Fsp3) is 0.0667. The molecule has 1 heterocycles. The van der Waals surface area contributed by atoms with Crippen LogP contribution in [0.2, 0.25) is 0 Å². The normalized spacial score (nSPS) is 10.9. The topological polar surface area (TPSA) is 13.1 Å². The molecule has 84 valence electrons. The zero-order chi connectivity index (χ0) is 11.8. The van der Waals surface area contributed by atoms with Gasteiger partial charge in [0, 0.05) is 22.6 Å². The van der Waals surface area contributed by atoms with Crippen LogP contribution in [0.4, 0.5) is 4.39 Å². The molecule has 0 atom stereocenters. The Hall–Kier alpha value is -2.09. The van der Waals surface area contributed by atoms with E-state index in [1.54, 1.807) is 6.07 Å². The van der Waals surface area contributed by atoms with E-state index in [9.17, 15) is 4.39 Å². The molecule has 0 saturated heterocycles. The molecule has 0 unspecified atom stereocenters. The first kappa shape index (κ1) is 10.1. The molecule has 3 aromatic rings. The van der Waals surface area contributed by atoms with Crippen LogP contribution in [0.5, 0.6) is 0 Å². The summed E-state index contributed by atoms with van der Waals surface area (Å²) in [6, 6.07) is 14.5. The summed E-state index contributed by atoms with van der Waals surface area (Å²) in [5.41, 5.74) is 2.66. The van der Waals surface area contributed by atoms with Crippen molar-refractivity contribution in [3.05, 3.63) is 59.9 Å². The Balaban J connectivity index is 2.28. The first-order valence-electron chi connectivity index (χ1n) is 5.50. The molecular formula is C15H11FO. The maximum absolute atomic E-state index is 13.1. The number of aryl methyl sites for hydroxylation is 1. The van der Waals surface area contributed by atoms with Crippen LogP contribution >= 0.6 is 0 Å². The van der Waals surface area contributed by atoms with Gasteiger partial charge in [0.25, 0.3) is 0 Å². The third kappa shape index (κ3) is 1.62. The maximum Gasteiger partial charge on any atom is 0.138 e. The average Bonchev–Trinajstić information content (AvgIpc) is 2.67. The van der Waals surface area contributed by atoms with E-state index in [0.717, 1.165) is 22.3 Å². The van der Waals surface area contributed by atoms with Crippen molar-refractivity contribution < 1.29 is 8.81 Å². The van der Waals surface area contributed by atoms with Crippen LogP contribution in [0.3, 0.4) is 0 Å². The SMILES string of the molecule is Cc1c(-c2ccccc2)oc2cc(F)ccc12. The molecule has 0 aliphatic carbocycles. The van der Waals surface area contributed by atoms with Gasteiger partial charge in [-0.2, -0.15) is 0 Å². The lowest BCUT2D eigenvalue weighted by Gasteiger charge is -1.96. The maximum atomic E-state index is 13.1. The molecule has 3 rings (SSSR count). The Morgan fingerprint density at radius 3 is 2.53 bits per heavy atom. The van der Waals surface area contributed by atoms with E-state index in [4.69, 9.17) is 4.42 Å². The lowest BCUT2D eigenvalue weighted by molar-refractivity contribution is 0.606. The molecule has 0 spiro atoms. The number of benzene rings is 2. The summed E-state index contributed by atoms with van der Waals surface area (Å²) >= 11 is 0. The van der Waals surface area contributed by atoms with E-state index in [1.807, 2.05) is 37.3 Å². The van der Waals surface area contributed by atoms with Crippen molar-refractivity contribution >= 4 is 11.0 Å². The minimum atomic E-state index is -0.272. The van der Waals surface area contributed by atoms with Crippen LogP contribution in [0, 0.1) is 12.7 Å². The van der Waals surface area contributed by atoms with E-state index in [1.165, 1.54) is 12.1 Å². The molecule has 0 fully saturated rings. The molecule has 0 saturated carbocycles. The number of hydrogen-bond acceptors (Lipinski definition) is 1. The zero-order valence-electron chi connectivity index (χ0n) is 9.41. The summed E-state index contributed by atoms with van der Waals surface area (Å²) in [5, 5.41) is 0.963. The monoisotopic (exact) mass is 226 g/mol. The fourth-order valence-electron chi connectivity index (χ4n) is 2.06. The van der Waals surface area contributed by atoms with E-state index in [2.05, 4.69) is 0 Å². The number of halogens is 1. The van der Waals surface area contributed by atoms with Gasteiger partial charge in [-0.1, -0.05) is 30.3 Å². The lowest BCUT2D eigenvalue weighted by Crippen LogP contribution is -1.76. The summed E-state index contributed by atoms with van der Waals surface area (Å²) in [7, 11) is 0. The highest BCUT2D eigenvalue weighted by molar-refractivity contribution is 5.87. The van der Waals surface area contributed by atoms with Crippen LogP contribution in [0.15, 0.2) is 52.9 Å². The standard InChI is InChI=1S/C15H11FO/c1-10-13-8-7-12(16)9-14(13)17-15(10)11-5-3-2-4-6-11/h2-9H,1H3. The second-order valence-electron chi connectivity index (χ2n) is 4.06. The third-order valence-electron chi connectivity index (χ3n) is 2.94. The smallest absolute Gasteiger partial charge is 0.138 e. The van der Waals surface area contributed by atoms with Gasteiger partial charge in [-0.15, -0.1) is 0 Å². The minimum absolute atomic E-state index is 0.272. The Bertz CT molecular complexity index is 668. The molecule has 17 heavy (non-hydrogen) atoms. The van der Waals surface area contributed by atoms with Crippen molar-refractivity contribution in [2.24, 2.45) is 0 Å². The molecule has 0 amide bonds. The van der Waals surface area contributed by atoms with Crippen LogP contribution in [0.25, 0.3) is 22.3 Å². The number of hydrogen-bond donors (Lipinski definition) is 0. The number of fused-ring (bicyclic) bond motifs is 1. The first-order chi connectivity index (χ1) is 8.25. The van der Waals surface area contributed by atoms with Crippen molar-refractivity contribution in [2.45, 2.75) is 6.92 Å². The van der Waals surface area contributed by atoms with E-state index >= 15 is 0 Å². The van der Waals surface area contributed by atoms with Crippen LogP contribution in [-0.4, -0.2) is 0 Å². The van der Waals surface area contributed by atoms with Gasteiger partial charge in [-0.25, -0.2) is 4.39 Å². The van der Waals surface area contributed by atoms with Gasteiger partial charge >= 0.3 is 0 Å². The quantitative estimate of drug-likeness (QED) is 0.593. The van der Waals surface area contributed by atoms with Crippen LogP contribution in [0.1, 0.15) is 5.56 Å². The van der Waals surface area contributed by atoms with Crippen molar-refractivity contribution in [2.75, 3.05) is 0 Å². The van der Waals surface area contributed by atoms with Crippen molar-refractivity contribution in [3.8, 4) is 11.3 Å². The summed E-state index contributed by atoms with van der Waals surface area (Å²) in [6.07, 6.45) is 0. The molecule has 0 N–H and O–H groups in total. The molecule has 0 bridgehead atoms. The van der Waals surface area contributed by atoms with Crippen molar-refractivity contribution in [3.63, 3.8) is 0 Å². The van der Waals surface area contributed by atoms with Gasteiger partial charge in [0.05, 0.1) is 0 Å². The Morgan fingerprint density at radius 2 is 1.76 bits per heavy atom. The highest BCUT2D eigenvalue weighted by atomic mass is 19.1. The van der Waals surface area contributed by atoms with Gasteiger partial charge < -0.3 is 4.42 Å². The molecular weight excluding hydrogens is 215 g/mol. The molecule has 0 aliphatic rings. The van der Waals surface area contributed by atoms with Gasteiger partial charge in [0.2, 0.25) is 0 Å². The van der Waals surface area contributed by atoms with Crippen molar-refractivity contribution in [1.29, 1.82) is 0 Å². The Labute approximate surface area is 98.5 Å². The minimum Gasteiger partial charge on any atom is -0.456 e. The van der Waals surface area contributed by atoms with E-state index < -0.39 is 0 Å². The molecule has 0 aliphatic heterocycles. The second-order valence-corrected chi connectivity index (χ2v) is 4.06. The summed E-state index contributed by atoms with van der Waals surface area (Å²) in [4.78, 5) is 0. The predicted octanol–water partition coefficient (Wildman–Crippen LogP) is 4.55. The number of furan rings is 1. The second kappa shape index (κ2) is 3.74. The van der Waals surface area contributed by atoms with Crippen molar-refractivity contribution in [1.82, 2.24) is 0 Å². The number of rotatable bonds is 1. The molecule has 2 heteroatoms. The molecule has 2 aromatic carbocycles. The van der Waals surface area contributed by atoms with Gasteiger partial charge in [-0.05, 0) is 19.1 Å².